The number of carbonyl (C=O) groups excluding carboxylic acids is 1. The summed E-state index contributed by atoms with van der Waals surface area (Å²) in [5.74, 6) is 0.259. The van der Waals surface area contributed by atoms with Gasteiger partial charge in [-0.1, -0.05) is 30.4 Å². The number of carbonyl (C=O) groups is 1. The first kappa shape index (κ1) is 18.6. The maximum absolute atomic E-state index is 13.1. The lowest BCUT2D eigenvalue weighted by atomic mass is 10.1. The number of rotatable bonds is 6. The Morgan fingerprint density at radius 3 is 2.69 bits per heavy atom. The Kier molecular flexibility index (Phi) is 4.68. The van der Waals surface area contributed by atoms with Gasteiger partial charge in [0.1, 0.15) is 5.65 Å². The van der Waals surface area contributed by atoms with Crippen molar-refractivity contribution < 1.29 is 14.6 Å². The molecule has 0 saturated carbocycles. The van der Waals surface area contributed by atoms with E-state index in [1.54, 1.807) is 30.4 Å². The van der Waals surface area contributed by atoms with Crippen LogP contribution in [0.25, 0.3) is 22.8 Å². The number of ketones is 1. The number of phenolic OH excluding ortho intramolecular Hbond substituents is 1. The number of ether oxygens (including phenoxy) is 1. The Morgan fingerprint density at radius 1 is 1.24 bits per heavy atom. The Morgan fingerprint density at radius 2 is 2.00 bits per heavy atom. The van der Waals surface area contributed by atoms with E-state index in [0.717, 1.165) is 16.7 Å². The highest BCUT2D eigenvalue weighted by molar-refractivity contribution is 6.12. The number of allylic oxidation sites excluding steroid dienone is 2. The molecule has 0 bridgehead atoms. The number of para-hydroxylation sites is 2. The van der Waals surface area contributed by atoms with Gasteiger partial charge in [0.2, 0.25) is 0 Å². The molecule has 29 heavy (non-hydrogen) atoms. The molecular formula is C23H21N3O3. The molecule has 2 heterocycles. The summed E-state index contributed by atoms with van der Waals surface area (Å²) in [6, 6.07) is 12.9. The van der Waals surface area contributed by atoms with Gasteiger partial charge in [-0.25, -0.2) is 4.52 Å². The standard InChI is InChI=1S/C23H21N3O3/c1-4-13-25-17-7-5-6-8-18(17)26-23(25)22(15(2)24-26)19(27)11-9-16-10-12-21(29-3)20(28)14-16/h4-12,14,28H,1,13H2,2-3H3. The minimum atomic E-state index is -0.152. The number of phenols is 1. The van der Waals surface area contributed by atoms with Crippen LogP contribution in [0, 0.1) is 6.92 Å². The molecule has 0 fully saturated rings. The maximum atomic E-state index is 13.1. The number of nitrogens with zero attached hydrogens (tertiary/aromatic N) is 3. The summed E-state index contributed by atoms with van der Waals surface area (Å²) in [5, 5.41) is 14.5. The van der Waals surface area contributed by atoms with Crippen molar-refractivity contribution in [2.75, 3.05) is 7.11 Å². The van der Waals surface area contributed by atoms with Crippen molar-refractivity contribution >= 4 is 28.5 Å². The average molecular weight is 387 g/mol. The second-order valence-electron chi connectivity index (χ2n) is 6.71. The van der Waals surface area contributed by atoms with Gasteiger partial charge in [0.15, 0.2) is 17.3 Å². The second-order valence-corrected chi connectivity index (χ2v) is 6.71. The lowest BCUT2D eigenvalue weighted by Crippen LogP contribution is -2.02. The van der Waals surface area contributed by atoms with Crippen molar-refractivity contribution in [3.8, 4) is 11.5 Å². The molecule has 0 aliphatic rings. The minimum Gasteiger partial charge on any atom is -0.504 e. The van der Waals surface area contributed by atoms with Crippen LogP contribution in [0.1, 0.15) is 21.6 Å². The fraction of sp³-hybridized carbons (Fsp3) is 0.130. The van der Waals surface area contributed by atoms with E-state index in [4.69, 9.17) is 4.74 Å². The molecule has 0 aliphatic carbocycles. The van der Waals surface area contributed by atoms with Crippen LogP contribution in [0.3, 0.4) is 0 Å². The highest BCUT2D eigenvalue weighted by Gasteiger charge is 2.21. The molecule has 6 nitrogen and oxygen atoms in total. The van der Waals surface area contributed by atoms with Crippen molar-refractivity contribution in [3.63, 3.8) is 0 Å². The highest BCUT2D eigenvalue weighted by atomic mass is 16.5. The van der Waals surface area contributed by atoms with E-state index in [1.807, 2.05) is 40.3 Å². The number of aromatic hydroxyl groups is 1. The molecule has 0 saturated heterocycles. The van der Waals surface area contributed by atoms with Crippen molar-refractivity contribution in [3.05, 3.63) is 78.0 Å². The quantitative estimate of drug-likeness (QED) is 0.303. The largest absolute Gasteiger partial charge is 0.504 e. The molecule has 0 spiro atoms. The van der Waals surface area contributed by atoms with Gasteiger partial charge >= 0.3 is 0 Å². The molecule has 1 N–H and O–H groups in total. The molecule has 0 unspecified atom stereocenters. The Bertz CT molecular complexity index is 1280. The van der Waals surface area contributed by atoms with E-state index in [9.17, 15) is 9.90 Å². The van der Waals surface area contributed by atoms with Crippen LogP contribution in [-0.4, -0.2) is 32.2 Å². The summed E-state index contributed by atoms with van der Waals surface area (Å²) in [4.78, 5) is 13.1. The smallest absolute Gasteiger partial charge is 0.191 e. The predicted octanol–water partition coefficient (Wildman–Crippen LogP) is 4.39. The summed E-state index contributed by atoms with van der Waals surface area (Å²) in [6.45, 7) is 6.25. The van der Waals surface area contributed by atoms with Gasteiger partial charge in [0.25, 0.3) is 0 Å². The third kappa shape index (κ3) is 3.08. The zero-order chi connectivity index (χ0) is 20.5. The number of fused-ring (bicyclic) bond motifs is 3. The van der Waals surface area contributed by atoms with E-state index in [-0.39, 0.29) is 11.5 Å². The molecule has 146 valence electrons. The van der Waals surface area contributed by atoms with Gasteiger partial charge in [-0.2, -0.15) is 5.10 Å². The molecule has 0 atom stereocenters. The molecular weight excluding hydrogens is 366 g/mol. The fourth-order valence-electron chi connectivity index (χ4n) is 3.59. The average Bonchev–Trinajstić information content (AvgIpc) is 3.20. The summed E-state index contributed by atoms with van der Waals surface area (Å²) in [5.41, 5.74) is 4.59. The number of imidazole rings is 1. The van der Waals surface area contributed by atoms with Crippen LogP contribution >= 0.6 is 0 Å². The van der Waals surface area contributed by atoms with Crippen molar-refractivity contribution in [2.24, 2.45) is 0 Å². The van der Waals surface area contributed by atoms with Crippen LogP contribution in [0.5, 0.6) is 11.5 Å². The summed E-state index contributed by atoms with van der Waals surface area (Å²) < 4.78 is 8.91. The predicted molar refractivity (Wildman–Crippen MR) is 114 cm³/mol. The van der Waals surface area contributed by atoms with Crippen LogP contribution in [0.2, 0.25) is 0 Å². The van der Waals surface area contributed by atoms with Gasteiger partial charge < -0.3 is 14.4 Å². The number of hydrogen-bond donors (Lipinski definition) is 1. The minimum absolute atomic E-state index is 0.0253. The first-order valence-corrected chi connectivity index (χ1v) is 9.22. The lowest BCUT2D eigenvalue weighted by Gasteiger charge is -2.04. The van der Waals surface area contributed by atoms with Gasteiger partial charge in [-0.05, 0) is 42.8 Å². The Balaban J connectivity index is 1.81. The maximum Gasteiger partial charge on any atom is 0.191 e. The van der Waals surface area contributed by atoms with E-state index >= 15 is 0 Å². The van der Waals surface area contributed by atoms with Crippen LogP contribution in [0.15, 0.2) is 61.2 Å². The van der Waals surface area contributed by atoms with E-state index in [0.29, 0.717) is 29.1 Å². The summed E-state index contributed by atoms with van der Waals surface area (Å²) >= 11 is 0. The lowest BCUT2D eigenvalue weighted by molar-refractivity contribution is 0.104. The van der Waals surface area contributed by atoms with Gasteiger partial charge in [0.05, 0.1) is 29.4 Å². The monoisotopic (exact) mass is 387 g/mol. The first-order chi connectivity index (χ1) is 14.0. The summed E-state index contributed by atoms with van der Waals surface area (Å²) in [6.07, 6.45) is 4.98. The molecule has 2 aromatic heterocycles. The molecule has 2 aromatic carbocycles. The first-order valence-electron chi connectivity index (χ1n) is 9.22. The topological polar surface area (TPSA) is 68.8 Å². The van der Waals surface area contributed by atoms with Gasteiger partial charge in [0, 0.05) is 6.54 Å². The van der Waals surface area contributed by atoms with Crippen LogP contribution < -0.4 is 4.74 Å². The summed E-state index contributed by atoms with van der Waals surface area (Å²) in [7, 11) is 1.49. The molecule has 0 amide bonds. The van der Waals surface area contributed by atoms with E-state index in [2.05, 4.69) is 11.7 Å². The normalized spacial score (nSPS) is 11.5. The van der Waals surface area contributed by atoms with Crippen molar-refractivity contribution in [1.29, 1.82) is 0 Å². The zero-order valence-corrected chi connectivity index (χ0v) is 16.3. The number of aromatic nitrogens is 3. The zero-order valence-electron chi connectivity index (χ0n) is 16.3. The molecule has 4 rings (SSSR count). The van der Waals surface area contributed by atoms with E-state index in [1.165, 1.54) is 13.2 Å². The third-order valence-corrected chi connectivity index (χ3v) is 4.88. The van der Waals surface area contributed by atoms with Gasteiger partial charge in [-0.15, -0.1) is 6.58 Å². The third-order valence-electron chi connectivity index (χ3n) is 4.88. The second kappa shape index (κ2) is 7.31. The Labute approximate surface area is 168 Å². The fourth-order valence-corrected chi connectivity index (χ4v) is 3.59. The Hall–Kier alpha value is -3.80. The number of hydrogen-bond acceptors (Lipinski definition) is 4. The van der Waals surface area contributed by atoms with Crippen molar-refractivity contribution in [2.45, 2.75) is 13.5 Å². The SMILES string of the molecule is C=CCn1c2ccccc2n2nc(C)c(C(=O)C=Cc3ccc(OC)c(O)c3)c12. The highest BCUT2D eigenvalue weighted by Crippen LogP contribution is 2.28. The van der Waals surface area contributed by atoms with Crippen LogP contribution in [-0.2, 0) is 6.54 Å². The van der Waals surface area contributed by atoms with Gasteiger partial charge in [-0.3, -0.25) is 4.79 Å². The number of methoxy groups -OCH3 is 1. The molecule has 6 heteroatoms. The molecule has 4 aromatic rings. The molecule has 0 aliphatic heterocycles. The number of aryl methyl sites for hydroxylation is 1. The van der Waals surface area contributed by atoms with Crippen LogP contribution in [0.4, 0.5) is 0 Å². The molecule has 0 radical (unpaired) electrons. The van der Waals surface area contributed by atoms with E-state index < -0.39 is 0 Å². The number of benzene rings is 2. The van der Waals surface area contributed by atoms with Crippen molar-refractivity contribution in [1.82, 2.24) is 14.2 Å².